The molecule has 2 heterocycles. The van der Waals surface area contributed by atoms with Gasteiger partial charge in [0.15, 0.2) is 0 Å². The van der Waals surface area contributed by atoms with Crippen LogP contribution in [0, 0.1) is 12.7 Å². The predicted octanol–water partition coefficient (Wildman–Crippen LogP) is 2.59. The minimum Gasteiger partial charge on any atom is -0.335 e. The number of nitrogens with zero attached hydrogens (tertiary/aromatic N) is 2. The van der Waals surface area contributed by atoms with E-state index in [1.165, 1.54) is 23.5 Å². The van der Waals surface area contributed by atoms with Gasteiger partial charge < -0.3 is 10.2 Å². The molecule has 25 heavy (non-hydrogen) atoms. The van der Waals surface area contributed by atoms with Gasteiger partial charge in [-0.2, -0.15) is 0 Å². The van der Waals surface area contributed by atoms with Crippen molar-refractivity contribution in [3.8, 4) is 0 Å². The Labute approximate surface area is 150 Å². The molecule has 0 radical (unpaired) electrons. The van der Waals surface area contributed by atoms with E-state index in [1.807, 2.05) is 28.2 Å². The smallest absolute Gasteiger partial charge is 0.264 e. The normalized spacial score (nSPS) is 15.2. The third-order valence-electron chi connectivity index (χ3n) is 4.19. The van der Waals surface area contributed by atoms with Crippen LogP contribution >= 0.6 is 11.3 Å². The Morgan fingerprint density at radius 3 is 2.60 bits per heavy atom. The second kappa shape index (κ2) is 7.76. The predicted molar refractivity (Wildman–Crippen MR) is 96.4 cm³/mol. The van der Waals surface area contributed by atoms with Gasteiger partial charge in [0.2, 0.25) is 5.91 Å². The van der Waals surface area contributed by atoms with Gasteiger partial charge in [-0.15, -0.1) is 11.3 Å². The summed E-state index contributed by atoms with van der Waals surface area (Å²) < 4.78 is 13.1. The minimum atomic E-state index is -0.381. The molecule has 0 aliphatic carbocycles. The van der Waals surface area contributed by atoms with Crippen LogP contribution in [0.3, 0.4) is 0 Å². The fourth-order valence-electron chi connectivity index (χ4n) is 2.81. The lowest BCUT2D eigenvalue weighted by Crippen LogP contribution is -2.50. The zero-order valence-electron chi connectivity index (χ0n) is 14.0. The Bertz CT molecular complexity index is 769. The van der Waals surface area contributed by atoms with Gasteiger partial charge in [0.25, 0.3) is 5.91 Å². The second-order valence-electron chi connectivity index (χ2n) is 6.06. The second-order valence-corrected chi connectivity index (χ2v) is 6.98. The Kier molecular flexibility index (Phi) is 5.45. The van der Waals surface area contributed by atoms with Gasteiger partial charge in [-0.1, -0.05) is 6.07 Å². The number of nitrogens with one attached hydrogen (secondary N) is 1. The Hall–Kier alpha value is -2.25. The zero-order chi connectivity index (χ0) is 17.8. The first-order chi connectivity index (χ1) is 12.0. The first-order valence-electron chi connectivity index (χ1n) is 8.14. The van der Waals surface area contributed by atoms with Gasteiger partial charge >= 0.3 is 0 Å². The van der Waals surface area contributed by atoms with Gasteiger partial charge in [0.05, 0.1) is 11.4 Å². The summed E-state index contributed by atoms with van der Waals surface area (Å²) in [5, 5.41) is 4.62. The highest BCUT2D eigenvalue weighted by atomic mass is 32.1. The van der Waals surface area contributed by atoms with Crippen LogP contribution in [0.4, 0.5) is 10.1 Å². The van der Waals surface area contributed by atoms with Gasteiger partial charge in [-0.3, -0.25) is 14.5 Å². The number of thiophene rings is 1. The SMILES string of the molecule is Cc1ccsc1C(=O)N1CCN(CC(=O)Nc2cccc(F)c2)CC1. The highest BCUT2D eigenvalue weighted by molar-refractivity contribution is 7.12. The monoisotopic (exact) mass is 361 g/mol. The van der Waals surface area contributed by atoms with E-state index in [1.54, 1.807) is 12.1 Å². The maximum atomic E-state index is 13.1. The average Bonchev–Trinajstić information content (AvgIpc) is 3.01. The van der Waals surface area contributed by atoms with Crippen molar-refractivity contribution in [2.24, 2.45) is 0 Å². The van der Waals surface area contributed by atoms with Crippen LogP contribution in [0.2, 0.25) is 0 Å². The molecule has 1 aliphatic rings. The van der Waals surface area contributed by atoms with Gasteiger partial charge in [0.1, 0.15) is 5.82 Å². The van der Waals surface area contributed by atoms with Crippen molar-refractivity contribution in [3.63, 3.8) is 0 Å². The molecule has 1 aliphatic heterocycles. The van der Waals surface area contributed by atoms with Crippen molar-refractivity contribution in [1.82, 2.24) is 9.80 Å². The Balaban J connectivity index is 1.48. The molecule has 2 aromatic rings. The Morgan fingerprint density at radius 2 is 1.96 bits per heavy atom. The van der Waals surface area contributed by atoms with Crippen molar-refractivity contribution in [2.75, 3.05) is 38.0 Å². The minimum absolute atomic E-state index is 0.0661. The number of anilines is 1. The maximum Gasteiger partial charge on any atom is 0.264 e. The maximum absolute atomic E-state index is 13.1. The number of hydrogen-bond acceptors (Lipinski definition) is 4. The van der Waals surface area contributed by atoms with Crippen LogP contribution < -0.4 is 5.32 Å². The number of carbonyl (C=O) groups excluding carboxylic acids is 2. The lowest BCUT2D eigenvalue weighted by molar-refractivity contribution is -0.117. The van der Waals surface area contributed by atoms with Crippen molar-refractivity contribution in [1.29, 1.82) is 0 Å². The number of rotatable bonds is 4. The summed E-state index contributed by atoms with van der Waals surface area (Å²) >= 11 is 1.47. The number of hydrogen-bond donors (Lipinski definition) is 1. The molecule has 0 unspecified atom stereocenters. The van der Waals surface area contributed by atoms with Gasteiger partial charge in [0, 0.05) is 31.9 Å². The summed E-state index contributed by atoms with van der Waals surface area (Å²) in [5.74, 6) is -0.496. The zero-order valence-corrected chi connectivity index (χ0v) is 14.8. The molecular formula is C18H20FN3O2S. The van der Waals surface area contributed by atoms with Crippen LogP contribution in [0.5, 0.6) is 0 Å². The molecule has 1 N–H and O–H groups in total. The Morgan fingerprint density at radius 1 is 1.20 bits per heavy atom. The lowest BCUT2D eigenvalue weighted by Gasteiger charge is -2.34. The number of carbonyl (C=O) groups is 2. The van der Waals surface area contributed by atoms with E-state index in [2.05, 4.69) is 5.32 Å². The lowest BCUT2D eigenvalue weighted by atomic mass is 10.2. The van der Waals surface area contributed by atoms with E-state index in [4.69, 9.17) is 0 Å². The van der Waals surface area contributed by atoms with Crippen molar-refractivity contribution in [2.45, 2.75) is 6.92 Å². The van der Waals surface area contributed by atoms with Crippen LogP contribution in [0.1, 0.15) is 15.2 Å². The largest absolute Gasteiger partial charge is 0.335 e. The molecule has 1 fully saturated rings. The molecule has 132 valence electrons. The highest BCUT2D eigenvalue weighted by Gasteiger charge is 2.24. The molecule has 1 saturated heterocycles. The molecule has 3 rings (SSSR count). The first kappa shape index (κ1) is 17.6. The summed E-state index contributed by atoms with van der Waals surface area (Å²) in [4.78, 5) is 29.2. The van der Waals surface area contributed by atoms with Crippen LogP contribution in [-0.2, 0) is 4.79 Å². The number of halogens is 1. The number of amides is 2. The van der Waals surface area contributed by atoms with E-state index < -0.39 is 0 Å². The van der Waals surface area contributed by atoms with Gasteiger partial charge in [-0.25, -0.2) is 4.39 Å². The summed E-state index contributed by atoms with van der Waals surface area (Å²) in [6.07, 6.45) is 0. The molecule has 0 spiro atoms. The molecule has 0 bridgehead atoms. The third kappa shape index (κ3) is 4.43. The highest BCUT2D eigenvalue weighted by Crippen LogP contribution is 2.19. The van der Waals surface area contributed by atoms with E-state index in [0.717, 1.165) is 10.4 Å². The van der Waals surface area contributed by atoms with Crippen LogP contribution in [0.15, 0.2) is 35.7 Å². The number of piperazine rings is 1. The quantitative estimate of drug-likeness (QED) is 0.911. The van der Waals surface area contributed by atoms with Crippen LogP contribution in [-0.4, -0.2) is 54.3 Å². The van der Waals surface area contributed by atoms with Crippen molar-refractivity contribution < 1.29 is 14.0 Å². The van der Waals surface area contributed by atoms with Crippen molar-refractivity contribution in [3.05, 3.63) is 52.0 Å². The van der Waals surface area contributed by atoms with E-state index >= 15 is 0 Å². The number of benzene rings is 1. The summed E-state index contributed by atoms with van der Waals surface area (Å²) in [7, 11) is 0. The van der Waals surface area contributed by atoms with Gasteiger partial charge in [-0.05, 0) is 42.1 Å². The van der Waals surface area contributed by atoms with E-state index in [9.17, 15) is 14.0 Å². The average molecular weight is 361 g/mol. The topological polar surface area (TPSA) is 52.7 Å². The van der Waals surface area contributed by atoms with E-state index in [-0.39, 0.29) is 24.2 Å². The molecule has 0 atom stereocenters. The summed E-state index contributed by atoms with van der Waals surface area (Å²) in [5.41, 5.74) is 1.46. The summed E-state index contributed by atoms with van der Waals surface area (Å²) in [6.45, 7) is 4.67. The summed E-state index contributed by atoms with van der Waals surface area (Å²) in [6, 6.07) is 7.78. The molecule has 1 aromatic carbocycles. The third-order valence-corrected chi connectivity index (χ3v) is 5.20. The first-order valence-corrected chi connectivity index (χ1v) is 9.02. The molecular weight excluding hydrogens is 341 g/mol. The van der Waals surface area contributed by atoms with Crippen LogP contribution in [0.25, 0.3) is 0 Å². The molecule has 1 aromatic heterocycles. The molecule has 5 nitrogen and oxygen atoms in total. The fraction of sp³-hybridized carbons (Fsp3) is 0.333. The van der Waals surface area contributed by atoms with Crippen molar-refractivity contribution >= 4 is 28.8 Å². The molecule has 7 heteroatoms. The van der Waals surface area contributed by atoms with E-state index in [0.29, 0.717) is 31.9 Å². The molecule has 0 saturated carbocycles. The molecule has 2 amide bonds. The number of aryl methyl sites for hydroxylation is 1. The fourth-order valence-corrected chi connectivity index (χ4v) is 3.71. The standard InChI is InChI=1S/C18H20FN3O2S/c1-13-5-10-25-17(13)18(24)22-8-6-21(7-9-22)12-16(23)20-15-4-2-3-14(19)11-15/h2-5,10-11H,6-9,12H2,1H3,(H,20,23).